The van der Waals surface area contributed by atoms with Crippen molar-refractivity contribution in [3.05, 3.63) is 29.8 Å². The van der Waals surface area contributed by atoms with E-state index in [0.29, 0.717) is 6.42 Å². The first-order chi connectivity index (χ1) is 8.99. The lowest BCUT2D eigenvalue weighted by Gasteiger charge is -2.09. The summed E-state index contributed by atoms with van der Waals surface area (Å²) in [6.45, 7) is 3.70. The molecule has 0 heterocycles. The lowest BCUT2D eigenvalue weighted by Crippen LogP contribution is -2.39. The Morgan fingerprint density at radius 3 is 2.53 bits per heavy atom. The van der Waals surface area contributed by atoms with Gasteiger partial charge in [0.15, 0.2) is 0 Å². The van der Waals surface area contributed by atoms with Crippen LogP contribution in [0.3, 0.4) is 0 Å². The van der Waals surface area contributed by atoms with Gasteiger partial charge in [-0.3, -0.25) is 9.59 Å². The quantitative estimate of drug-likeness (QED) is 0.716. The van der Waals surface area contributed by atoms with E-state index in [2.05, 4.69) is 10.6 Å². The van der Waals surface area contributed by atoms with Crippen molar-refractivity contribution in [2.45, 2.75) is 32.7 Å². The number of aromatic hydroxyl groups is 1. The first kappa shape index (κ1) is 15.0. The number of para-hydroxylation sites is 1. The third kappa shape index (κ3) is 5.90. The van der Waals surface area contributed by atoms with Crippen LogP contribution in [-0.2, 0) is 16.0 Å². The second-order valence-electron chi connectivity index (χ2n) is 4.63. The van der Waals surface area contributed by atoms with Crippen molar-refractivity contribution >= 4 is 11.8 Å². The number of phenols is 1. The Balaban J connectivity index is 2.29. The Labute approximate surface area is 113 Å². The summed E-state index contributed by atoms with van der Waals surface area (Å²) in [7, 11) is 0. The van der Waals surface area contributed by atoms with Gasteiger partial charge in [0.1, 0.15) is 5.75 Å². The molecule has 0 fully saturated rings. The summed E-state index contributed by atoms with van der Waals surface area (Å²) in [6, 6.07) is 6.96. The van der Waals surface area contributed by atoms with Crippen LogP contribution in [0.1, 0.15) is 25.8 Å². The molecule has 0 aromatic heterocycles. The molecule has 104 valence electrons. The van der Waals surface area contributed by atoms with Crippen LogP contribution in [0.25, 0.3) is 0 Å². The van der Waals surface area contributed by atoms with Crippen molar-refractivity contribution in [1.29, 1.82) is 0 Å². The van der Waals surface area contributed by atoms with Gasteiger partial charge in [0.05, 0.1) is 6.54 Å². The smallest absolute Gasteiger partial charge is 0.239 e. The van der Waals surface area contributed by atoms with Gasteiger partial charge in [-0.25, -0.2) is 0 Å². The number of aryl methyl sites for hydroxylation is 1. The van der Waals surface area contributed by atoms with Crippen LogP contribution >= 0.6 is 0 Å². The first-order valence-corrected chi connectivity index (χ1v) is 6.32. The van der Waals surface area contributed by atoms with Gasteiger partial charge in [-0.05, 0) is 31.9 Å². The number of amides is 2. The predicted molar refractivity (Wildman–Crippen MR) is 72.7 cm³/mol. The van der Waals surface area contributed by atoms with Crippen LogP contribution in [-0.4, -0.2) is 29.5 Å². The Hall–Kier alpha value is -2.04. The third-order valence-corrected chi connectivity index (χ3v) is 2.51. The number of carbonyl (C=O) groups is 2. The first-order valence-electron chi connectivity index (χ1n) is 6.32. The summed E-state index contributed by atoms with van der Waals surface area (Å²) in [6.07, 6.45) is 0.691. The maximum absolute atomic E-state index is 11.5. The number of hydrogen-bond donors (Lipinski definition) is 3. The topological polar surface area (TPSA) is 78.4 Å². The highest BCUT2D eigenvalue weighted by Gasteiger charge is 2.08. The summed E-state index contributed by atoms with van der Waals surface area (Å²) in [5, 5.41) is 14.8. The maximum atomic E-state index is 11.5. The van der Waals surface area contributed by atoms with Gasteiger partial charge in [0.25, 0.3) is 0 Å². The zero-order valence-corrected chi connectivity index (χ0v) is 11.3. The van der Waals surface area contributed by atoms with Gasteiger partial charge in [0.2, 0.25) is 11.8 Å². The molecule has 0 aliphatic rings. The average molecular weight is 264 g/mol. The monoisotopic (exact) mass is 264 g/mol. The molecule has 0 saturated heterocycles. The molecule has 0 spiro atoms. The van der Waals surface area contributed by atoms with Gasteiger partial charge in [-0.1, -0.05) is 18.2 Å². The van der Waals surface area contributed by atoms with Gasteiger partial charge < -0.3 is 15.7 Å². The minimum absolute atomic E-state index is 0.0161. The van der Waals surface area contributed by atoms with E-state index < -0.39 is 0 Å². The van der Waals surface area contributed by atoms with Crippen LogP contribution in [0.2, 0.25) is 0 Å². The van der Waals surface area contributed by atoms with E-state index in [1.807, 2.05) is 19.9 Å². The van der Waals surface area contributed by atoms with E-state index in [-0.39, 0.29) is 36.6 Å². The van der Waals surface area contributed by atoms with E-state index in [0.717, 1.165) is 5.56 Å². The number of benzene rings is 1. The second kappa shape index (κ2) is 7.41. The zero-order chi connectivity index (χ0) is 14.3. The molecule has 0 radical (unpaired) electrons. The van der Waals surface area contributed by atoms with E-state index >= 15 is 0 Å². The maximum Gasteiger partial charge on any atom is 0.239 e. The summed E-state index contributed by atoms with van der Waals surface area (Å²) >= 11 is 0. The molecule has 0 aliphatic heterocycles. The summed E-state index contributed by atoms with van der Waals surface area (Å²) < 4.78 is 0. The third-order valence-electron chi connectivity index (χ3n) is 2.51. The van der Waals surface area contributed by atoms with Crippen molar-refractivity contribution in [2.75, 3.05) is 6.54 Å². The molecule has 0 aliphatic carbocycles. The molecule has 0 unspecified atom stereocenters. The van der Waals surface area contributed by atoms with E-state index in [4.69, 9.17) is 0 Å². The van der Waals surface area contributed by atoms with Crippen LogP contribution < -0.4 is 10.6 Å². The van der Waals surface area contributed by atoms with Gasteiger partial charge in [-0.2, -0.15) is 0 Å². The van der Waals surface area contributed by atoms with Crippen LogP contribution in [0, 0.1) is 0 Å². The zero-order valence-electron chi connectivity index (χ0n) is 11.3. The standard InChI is InChI=1S/C14H20N2O3/c1-10(2)16-14(19)9-15-13(18)8-7-11-5-3-4-6-12(11)17/h3-6,10,17H,7-9H2,1-2H3,(H,15,18)(H,16,19). The highest BCUT2D eigenvalue weighted by Crippen LogP contribution is 2.16. The second-order valence-corrected chi connectivity index (χ2v) is 4.63. The Morgan fingerprint density at radius 2 is 1.89 bits per heavy atom. The van der Waals surface area contributed by atoms with E-state index in [1.54, 1.807) is 18.2 Å². The SMILES string of the molecule is CC(C)NC(=O)CNC(=O)CCc1ccccc1O. The Bertz CT molecular complexity index is 444. The van der Waals surface area contributed by atoms with Crippen molar-refractivity contribution in [3.63, 3.8) is 0 Å². The average Bonchev–Trinajstić information content (AvgIpc) is 2.34. The predicted octanol–water partition coefficient (Wildman–Crippen LogP) is 0.966. The van der Waals surface area contributed by atoms with Gasteiger partial charge >= 0.3 is 0 Å². The molecular formula is C14H20N2O3. The Morgan fingerprint density at radius 1 is 1.21 bits per heavy atom. The molecule has 0 atom stereocenters. The number of nitrogens with one attached hydrogen (secondary N) is 2. The van der Waals surface area contributed by atoms with Crippen LogP contribution in [0.4, 0.5) is 0 Å². The molecular weight excluding hydrogens is 244 g/mol. The van der Waals surface area contributed by atoms with E-state index in [9.17, 15) is 14.7 Å². The molecule has 5 nitrogen and oxygen atoms in total. The fraction of sp³-hybridized carbons (Fsp3) is 0.429. The molecule has 1 rings (SSSR count). The summed E-state index contributed by atoms with van der Waals surface area (Å²) in [4.78, 5) is 22.9. The molecule has 1 aromatic rings. The van der Waals surface area contributed by atoms with Gasteiger partial charge in [-0.15, -0.1) is 0 Å². The summed E-state index contributed by atoms with van der Waals surface area (Å²) in [5.41, 5.74) is 0.726. The number of hydrogen-bond acceptors (Lipinski definition) is 3. The minimum atomic E-state index is -0.206. The lowest BCUT2D eigenvalue weighted by atomic mass is 10.1. The van der Waals surface area contributed by atoms with E-state index in [1.165, 1.54) is 0 Å². The molecule has 5 heteroatoms. The number of phenolic OH excluding ortho intramolecular Hbond substituents is 1. The molecule has 2 amide bonds. The van der Waals surface area contributed by atoms with Crippen LogP contribution in [0.15, 0.2) is 24.3 Å². The van der Waals surface area contributed by atoms with Crippen molar-refractivity contribution < 1.29 is 14.7 Å². The molecule has 0 saturated carbocycles. The fourth-order valence-corrected chi connectivity index (χ4v) is 1.61. The normalized spacial score (nSPS) is 10.3. The number of carbonyl (C=O) groups excluding carboxylic acids is 2. The van der Waals surface area contributed by atoms with Crippen molar-refractivity contribution in [2.24, 2.45) is 0 Å². The molecule has 1 aromatic carbocycles. The highest BCUT2D eigenvalue weighted by molar-refractivity contribution is 5.84. The summed E-state index contributed by atoms with van der Waals surface area (Å²) in [5.74, 6) is -0.221. The Kier molecular flexibility index (Phi) is 5.85. The largest absolute Gasteiger partial charge is 0.508 e. The van der Waals surface area contributed by atoms with Crippen LogP contribution in [0.5, 0.6) is 5.75 Å². The fourth-order valence-electron chi connectivity index (χ4n) is 1.61. The molecule has 3 N–H and O–H groups in total. The van der Waals surface area contributed by atoms with Gasteiger partial charge in [0, 0.05) is 12.5 Å². The lowest BCUT2D eigenvalue weighted by molar-refractivity contribution is -0.126. The van der Waals surface area contributed by atoms with Crippen molar-refractivity contribution in [3.8, 4) is 5.75 Å². The molecule has 0 bridgehead atoms. The van der Waals surface area contributed by atoms with Crippen molar-refractivity contribution in [1.82, 2.24) is 10.6 Å². The molecule has 19 heavy (non-hydrogen) atoms. The number of rotatable bonds is 6. The minimum Gasteiger partial charge on any atom is -0.508 e. The highest BCUT2D eigenvalue weighted by atomic mass is 16.3.